The number of nitrogens with zero attached hydrogens (tertiary/aromatic N) is 2. The number of aryl methyl sites for hydroxylation is 1. The van der Waals surface area contributed by atoms with Crippen molar-refractivity contribution in [2.24, 2.45) is 0 Å². The van der Waals surface area contributed by atoms with Crippen LogP contribution in [0.5, 0.6) is 0 Å². The Kier molecular flexibility index (Phi) is 4.57. The molecule has 2 aromatic rings. The number of hydrogen-bond donors (Lipinski definition) is 0. The summed E-state index contributed by atoms with van der Waals surface area (Å²) in [4.78, 5) is 19.7. The van der Waals surface area contributed by atoms with Crippen molar-refractivity contribution >= 4 is 38.4 Å². The van der Waals surface area contributed by atoms with Crippen LogP contribution in [-0.2, 0) is 9.84 Å². The second kappa shape index (κ2) is 6.33. The fourth-order valence-corrected chi connectivity index (χ4v) is 6.29. The van der Waals surface area contributed by atoms with Gasteiger partial charge in [0.05, 0.1) is 17.2 Å². The number of aromatic nitrogens is 1. The van der Waals surface area contributed by atoms with E-state index in [9.17, 15) is 13.2 Å². The molecule has 23 heavy (non-hydrogen) atoms. The average Bonchev–Trinajstić information content (AvgIpc) is 3.19. The van der Waals surface area contributed by atoms with Crippen molar-refractivity contribution < 1.29 is 13.2 Å². The minimum atomic E-state index is -3.01. The van der Waals surface area contributed by atoms with E-state index in [1.54, 1.807) is 16.2 Å². The standard InChI is InChI=1S/C15H18N2O3S3/c1-3-17(12-5-7-23(19,20)9-12)15(18)13-10(2)16-14(22-13)11-4-6-21-8-11/h4,6,8,12H,3,5,7,9H2,1-2H3. The highest BCUT2D eigenvalue weighted by Crippen LogP contribution is 2.31. The molecule has 8 heteroatoms. The molecular formula is C15H18N2O3S3. The van der Waals surface area contributed by atoms with Crippen LogP contribution in [0.25, 0.3) is 10.6 Å². The van der Waals surface area contributed by atoms with Gasteiger partial charge in [-0.3, -0.25) is 4.79 Å². The molecule has 1 fully saturated rings. The lowest BCUT2D eigenvalue weighted by Crippen LogP contribution is -2.40. The van der Waals surface area contributed by atoms with Crippen molar-refractivity contribution in [3.8, 4) is 10.6 Å². The van der Waals surface area contributed by atoms with Gasteiger partial charge in [-0.2, -0.15) is 11.3 Å². The van der Waals surface area contributed by atoms with E-state index in [1.807, 2.05) is 30.7 Å². The number of thiophene rings is 1. The van der Waals surface area contributed by atoms with Crippen LogP contribution in [0.1, 0.15) is 28.7 Å². The lowest BCUT2D eigenvalue weighted by atomic mass is 10.2. The van der Waals surface area contributed by atoms with Crippen LogP contribution in [0.3, 0.4) is 0 Å². The Morgan fingerprint density at radius 2 is 2.26 bits per heavy atom. The zero-order valence-corrected chi connectivity index (χ0v) is 15.4. The van der Waals surface area contributed by atoms with Gasteiger partial charge in [-0.25, -0.2) is 13.4 Å². The predicted octanol–water partition coefficient (Wildman–Crippen LogP) is 2.83. The van der Waals surface area contributed by atoms with Crippen LogP contribution < -0.4 is 0 Å². The van der Waals surface area contributed by atoms with E-state index in [1.165, 1.54) is 11.3 Å². The summed E-state index contributed by atoms with van der Waals surface area (Å²) in [6.45, 7) is 4.22. The maximum Gasteiger partial charge on any atom is 0.266 e. The second-order valence-electron chi connectivity index (χ2n) is 5.59. The number of carbonyl (C=O) groups is 1. The molecule has 1 amide bonds. The van der Waals surface area contributed by atoms with Gasteiger partial charge in [0.25, 0.3) is 5.91 Å². The van der Waals surface area contributed by atoms with Crippen molar-refractivity contribution in [3.05, 3.63) is 27.4 Å². The number of carbonyl (C=O) groups excluding carboxylic acids is 1. The third kappa shape index (κ3) is 3.34. The molecule has 124 valence electrons. The molecule has 0 aromatic carbocycles. The fraction of sp³-hybridized carbons (Fsp3) is 0.467. The molecule has 1 saturated heterocycles. The van der Waals surface area contributed by atoms with Crippen LogP contribution in [0.4, 0.5) is 0 Å². The van der Waals surface area contributed by atoms with Crippen molar-refractivity contribution in [1.29, 1.82) is 0 Å². The molecular weight excluding hydrogens is 352 g/mol. The summed E-state index contributed by atoms with van der Waals surface area (Å²) in [7, 11) is -3.01. The van der Waals surface area contributed by atoms with Gasteiger partial charge in [0.1, 0.15) is 9.88 Å². The quantitative estimate of drug-likeness (QED) is 0.830. The van der Waals surface area contributed by atoms with Gasteiger partial charge in [0.2, 0.25) is 0 Å². The molecule has 0 radical (unpaired) electrons. The van der Waals surface area contributed by atoms with Crippen molar-refractivity contribution in [2.45, 2.75) is 26.3 Å². The average molecular weight is 371 g/mol. The molecule has 1 aliphatic rings. The first kappa shape index (κ1) is 16.6. The van der Waals surface area contributed by atoms with Crippen molar-refractivity contribution in [2.75, 3.05) is 18.1 Å². The van der Waals surface area contributed by atoms with Gasteiger partial charge < -0.3 is 4.90 Å². The Balaban J connectivity index is 1.87. The minimum absolute atomic E-state index is 0.0712. The first-order chi connectivity index (χ1) is 10.9. The highest BCUT2D eigenvalue weighted by molar-refractivity contribution is 7.91. The van der Waals surface area contributed by atoms with Gasteiger partial charge in [0.15, 0.2) is 9.84 Å². The zero-order chi connectivity index (χ0) is 16.6. The van der Waals surface area contributed by atoms with Crippen molar-refractivity contribution in [1.82, 2.24) is 9.88 Å². The third-order valence-electron chi connectivity index (χ3n) is 4.01. The topological polar surface area (TPSA) is 67.3 Å². The summed E-state index contributed by atoms with van der Waals surface area (Å²) in [5.74, 6) is 0.136. The van der Waals surface area contributed by atoms with Gasteiger partial charge in [-0.1, -0.05) is 0 Å². The van der Waals surface area contributed by atoms with Gasteiger partial charge in [0, 0.05) is 23.5 Å². The van der Waals surface area contributed by atoms with E-state index in [-0.39, 0.29) is 23.5 Å². The van der Waals surface area contributed by atoms with Crippen molar-refractivity contribution in [3.63, 3.8) is 0 Å². The summed E-state index contributed by atoms with van der Waals surface area (Å²) in [6, 6.07) is 1.77. The molecule has 1 unspecified atom stereocenters. The smallest absolute Gasteiger partial charge is 0.266 e. The molecule has 3 heterocycles. The van der Waals surface area contributed by atoms with Crippen LogP contribution >= 0.6 is 22.7 Å². The number of rotatable bonds is 4. The van der Waals surface area contributed by atoms with Crippen LogP contribution in [0.15, 0.2) is 16.8 Å². The molecule has 0 saturated carbocycles. The van der Waals surface area contributed by atoms with Crippen LogP contribution in [0.2, 0.25) is 0 Å². The van der Waals surface area contributed by atoms with E-state index in [0.717, 1.165) is 10.6 Å². The second-order valence-corrected chi connectivity index (χ2v) is 9.60. The van der Waals surface area contributed by atoms with Gasteiger partial charge in [-0.05, 0) is 31.7 Å². The normalized spacial score (nSPS) is 19.8. The highest BCUT2D eigenvalue weighted by Gasteiger charge is 2.35. The van der Waals surface area contributed by atoms with E-state index >= 15 is 0 Å². The Morgan fingerprint density at radius 1 is 1.48 bits per heavy atom. The molecule has 0 bridgehead atoms. The maximum absolute atomic E-state index is 12.9. The zero-order valence-electron chi connectivity index (χ0n) is 13.0. The molecule has 1 atom stereocenters. The van der Waals surface area contributed by atoms with E-state index in [0.29, 0.717) is 23.5 Å². The predicted molar refractivity (Wildman–Crippen MR) is 93.9 cm³/mol. The Labute approximate surface area is 143 Å². The summed E-state index contributed by atoms with van der Waals surface area (Å²) in [5, 5.41) is 4.82. The summed E-state index contributed by atoms with van der Waals surface area (Å²) < 4.78 is 23.4. The first-order valence-electron chi connectivity index (χ1n) is 7.42. The Bertz CT molecular complexity index is 809. The molecule has 0 aliphatic carbocycles. The number of thiazole rings is 1. The molecule has 1 aliphatic heterocycles. The highest BCUT2D eigenvalue weighted by atomic mass is 32.2. The number of sulfone groups is 1. The number of hydrogen-bond acceptors (Lipinski definition) is 6. The third-order valence-corrected chi connectivity index (χ3v) is 7.64. The SMILES string of the molecule is CCN(C(=O)c1sc(-c2ccsc2)nc1C)C1CCS(=O)(=O)C1. The largest absolute Gasteiger partial charge is 0.334 e. The van der Waals surface area contributed by atoms with Gasteiger partial charge >= 0.3 is 0 Å². The van der Waals surface area contributed by atoms with Crippen LogP contribution in [0, 0.1) is 6.92 Å². The lowest BCUT2D eigenvalue weighted by Gasteiger charge is -2.26. The Morgan fingerprint density at radius 3 is 2.83 bits per heavy atom. The van der Waals surface area contributed by atoms with E-state index in [2.05, 4.69) is 4.98 Å². The summed E-state index contributed by atoms with van der Waals surface area (Å²) in [6.07, 6.45) is 0.525. The Hall–Kier alpha value is -1.25. The fourth-order valence-electron chi connectivity index (χ4n) is 2.82. The lowest BCUT2D eigenvalue weighted by molar-refractivity contribution is 0.0712. The molecule has 0 N–H and O–H groups in total. The number of amides is 1. The molecule has 0 spiro atoms. The molecule has 5 nitrogen and oxygen atoms in total. The molecule has 3 rings (SSSR count). The molecule has 2 aromatic heterocycles. The maximum atomic E-state index is 12.9. The monoisotopic (exact) mass is 370 g/mol. The van der Waals surface area contributed by atoms with E-state index in [4.69, 9.17) is 0 Å². The van der Waals surface area contributed by atoms with Crippen LogP contribution in [-0.4, -0.2) is 48.3 Å². The van der Waals surface area contributed by atoms with E-state index < -0.39 is 9.84 Å². The summed E-state index contributed by atoms with van der Waals surface area (Å²) >= 11 is 2.98. The summed E-state index contributed by atoms with van der Waals surface area (Å²) in [5.41, 5.74) is 1.73. The first-order valence-corrected chi connectivity index (χ1v) is 11.0. The minimum Gasteiger partial charge on any atom is -0.334 e. The van der Waals surface area contributed by atoms with Gasteiger partial charge in [-0.15, -0.1) is 11.3 Å².